The van der Waals surface area contributed by atoms with Gasteiger partial charge in [0.15, 0.2) is 0 Å². The molecule has 2 aromatic carbocycles. The van der Waals surface area contributed by atoms with Crippen LogP contribution in [0.5, 0.6) is 0 Å². The van der Waals surface area contributed by atoms with E-state index in [4.69, 9.17) is 11.6 Å². The predicted octanol–water partition coefficient (Wildman–Crippen LogP) is 4.39. The summed E-state index contributed by atoms with van der Waals surface area (Å²) in [5.74, 6) is -0.658. The van der Waals surface area contributed by atoms with Crippen molar-refractivity contribution in [3.8, 4) is 0 Å². The molecule has 30 heavy (non-hydrogen) atoms. The van der Waals surface area contributed by atoms with E-state index in [2.05, 4.69) is 15.5 Å². The summed E-state index contributed by atoms with van der Waals surface area (Å²) in [4.78, 5) is 26.9. The van der Waals surface area contributed by atoms with Crippen LogP contribution < -0.4 is 10.2 Å². The second-order valence-corrected chi connectivity index (χ2v) is 8.99. The Kier molecular flexibility index (Phi) is 5.83. The average molecular weight is 441 g/mol. The molecule has 0 aliphatic carbocycles. The van der Waals surface area contributed by atoms with Gasteiger partial charge in [0.1, 0.15) is 5.01 Å². The number of benzene rings is 2. The SMILES string of the molecule is Cc1ccc(N2CC(C(=O)Nc3nnc(Cc4ccc(Cl)cc4)s3)CC2=O)c(C)c1. The molecule has 0 spiro atoms. The zero-order chi connectivity index (χ0) is 21.3. The Balaban J connectivity index is 1.39. The van der Waals surface area contributed by atoms with Crippen molar-refractivity contribution in [3.63, 3.8) is 0 Å². The van der Waals surface area contributed by atoms with Crippen LogP contribution >= 0.6 is 22.9 Å². The first-order chi connectivity index (χ1) is 14.4. The number of aromatic nitrogens is 2. The Bertz CT molecular complexity index is 1100. The van der Waals surface area contributed by atoms with Crippen LogP contribution in [0.1, 0.15) is 28.1 Å². The van der Waals surface area contributed by atoms with E-state index in [1.165, 1.54) is 11.3 Å². The number of anilines is 2. The zero-order valence-electron chi connectivity index (χ0n) is 16.7. The van der Waals surface area contributed by atoms with E-state index in [0.29, 0.717) is 23.1 Å². The Morgan fingerprint density at radius 2 is 1.97 bits per heavy atom. The van der Waals surface area contributed by atoms with Gasteiger partial charge in [-0.25, -0.2) is 0 Å². The van der Waals surface area contributed by atoms with E-state index >= 15 is 0 Å². The lowest BCUT2D eigenvalue weighted by Crippen LogP contribution is -2.28. The first-order valence-corrected chi connectivity index (χ1v) is 10.8. The van der Waals surface area contributed by atoms with Gasteiger partial charge in [-0.1, -0.05) is 52.8 Å². The minimum atomic E-state index is -0.415. The van der Waals surface area contributed by atoms with Crippen LogP contribution in [0, 0.1) is 19.8 Å². The molecule has 3 aromatic rings. The third-order valence-electron chi connectivity index (χ3n) is 5.10. The highest BCUT2D eigenvalue weighted by Gasteiger charge is 2.36. The normalized spacial score (nSPS) is 16.2. The summed E-state index contributed by atoms with van der Waals surface area (Å²) in [5, 5.41) is 13.0. The largest absolute Gasteiger partial charge is 0.311 e. The maximum absolute atomic E-state index is 12.7. The second-order valence-electron chi connectivity index (χ2n) is 7.49. The van der Waals surface area contributed by atoms with Gasteiger partial charge in [0.25, 0.3) is 0 Å². The van der Waals surface area contributed by atoms with Crippen LogP contribution in [-0.4, -0.2) is 28.6 Å². The molecule has 1 aliphatic rings. The molecule has 1 aliphatic heterocycles. The lowest BCUT2D eigenvalue weighted by atomic mass is 10.1. The number of hydrogen-bond acceptors (Lipinski definition) is 5. The molecule has 8 heteroatoms. The molecule has 0 bridgehead atoms. The van der Waals surface area contributed by atoms with Gasteiger partial charge in [0, 0.05) is 30.1 Å². The lowest BCUT2D eigenvalue weighted by Gasteiger charge is -2.19. The lowest BCUT2D eigenvalue weighted by molar-refractivity contribution is -0.122. The number of carbonyl (C=O) groups is 2. The first kappa shape index (κ1) is 20.5. The van der Waals surface area contributed by atoms with E-state index in [1.807, 2.05) is 56.3 Å². The monoisotopic (exact) mass is 440 g/mol. The summed E-state index contributed by atoms with van der Waals surface area (Å²) in [6, 6.07) is 13.5. The fourth-order valence-electron chi connectivity index (χ4n) is 3.58. The van der Waals surface area contributed by atoms with Gasteiger partial charge in [-0.2, -0.15) is 0 Å². The number of nitrogens with zero attached hydrogens (tertiary/aromatic N) is 3. The van der Waals surface area contributed by atoms with Crippen molar-refractivity contribution in [3.05, 3.63) is 69.2 Å². The fourth-order valence-corrected chi connectivity index (χ4v) is 4.49. The highest BCUT2D eigenvalue weighted by atomic mass is 35.5. The van der Waals surface area contributed by atoms with Gasteiger partial charge in [-0.15, -0.1) is 10.2 Å². The number of aryl methyl sites for hydroxylation is 2. The van der Waals surface area contributed by atoms with Crippen LogP contribution in [0.15, 0.2) is 42.5 Å². The standard InChI is InChI=1S/C22H21ClN4O2S/c1-13-3-8-18(14(2)9-13)27-12-16(11-20(27)28)21(29)24-22-26-25-19(30-22)10-15-4-6-17(23)7-5-15/h3-9,16H,10-12H2,1-2H3,(H,24,26,29). The Labute approximate surface area is 183 Å². The number of nitrogens with one attached hydrogen (secondary N) is 1. The van der Waals surface area contributed by atoms with Crippen LogP contribution in [0.2, 0.25) is 5.02 Å². The highest BCUT2D eigenvalue weighted by molar-refractivity contribution is 7.15. The van der Waals surface area contributed by atoms with Gasteiger partial charge in [-0.3, -0.25) is 9.59 Å². The third kappa shape index (κ3) is 4.52. The summed E-state index contributed by atoms with van der Waals surface area (Å²) in [5.41, 5.74) is 4.10. The summed E-state index contributed by atoms with van der Waals surface area (Å²) >= 11 is 7.25. The van der Waals surface area contributed by atoms with Gasteiger partial charge < -0.3 is 10.2 Å². The molecule has 0 saturated carbocycles. The van der Waals surface area contributed by atoms with Crippen molar-refractivity contribution >= 4 is 45.6 Å². The number of rotatable bonds is 5. The smallest absolute Gasteiger partial charge is 0.231 e. The van der Waals surface area contributed by atoms with Crippen LogP contribution in [0.4, 0.5) is 10.8 Å². The van der Waals surface area contributed by atoms with Crippen molar-refractivity contribution in [1.29, 1.82) is 0 Å². The average Bonchev–Trinajstić information content (AvgIpc) is 3.30. The Morgan fingerprint density at radius 1 is 1.20 bits per heavy atom. The fraction of sp³-hybridized carbons (Fsp3) is 0.273. The number of halogens is 1. The molecule has 6 nitrogen and oxygen atoms in total. The van der Waals surface area contributed by atoms with Crippen molar-refractivity contribution in [2.24, 2.45) is 5.92 Å². The maximum atomic E-state index is 12.7. The van der Waals surface area contributed by atoms with E-state index in [0.717, 1.165) is 27.4 Å². The second kappa shape index (κ2) is 8.53. The number of amides is 2. The molecule has 1 fully saturated rings. The third-order valence-corrected chi connectivity index (χ3v) is 6.20. The zero-order valence-corrected chi connectivity index (χ0v) is 18.3. The number of hydrogen-bond donors (Lipinski definition) is 1. The molecule has 154 valence electrons. The van der Waals surface area contributed by atoms with Crippen molar-refractivity contribution in [2.45, 2.75) is 26.7 Å². The predicted molar refractivity (Wildman–Crippen MR) is 119 cm³/mol. The highest BCUT2D eigenvalue weighted by Crippen LogP contribution is 2.29. The molecule has 1 saturated heterocycles. The minimum absolute atomic E-state index is 0.0391. The van der Waals surface area contributed by atoms with Crippen molar-refractivity contribution in [1.82, 2.24) is 10.2 Å². The molecular weight excluding hydrogens is 420 g/mol. The van der Waals surface area contributed by atoms with Gasteiger partial charge in [0.05, 0.1) is 5.92 Å². The molecule has 0 radical (unpaired) electrons. The van der Waals surface area contributed by atoms with Gasteiger partial charge >= 0.3 is 0 Å². The van der Waals surface area contributed by atoms with Gasteiger partial charge in [0.2, 0.25) is 16.9 Å². The minimum Gasteiger partial charge on any atom is -0.311 e. The van der Waals surface area contributed by atoms with E-state index in [9.17, 15) is 9.59 Å². The summed E-state index contributed by atoms with van der Waals surface area (Å²) in [6.07, 6.45) is 0.808. The van der Waals surface area contributed by atoms with Gasteiger partial charge in [-0.05, 0) is 43.2 Å². The van der Waals surface area contributed by atoms with Crippen LogP contribution in [-0.2, 0) is 16.0 Å². The molecule has 1 N–H and O–H groups in total. The van der Waals surface area contributed by atoms with Crippen LogP contribution in [0.25, 0.3) is 0 Å². The van der Waals surface area contributed by atoms with Crippen molar-refractivity contribution < 1.29 is 9.59 Å². The first-order valence-electron chi connectivity index (χ1n) is 9.64. The van der Waals surface area contributed by atoms with Crippen molar-refractivity contribution in [2.75, 3.05) is 16.8 Å². The molecule has 2 heterocycles. The van der Waals surface area contributed by atoms with E-state index in [-0.39, 0.29) is 18.2 Å². The molecule has 1 aromatic heterocycles. The van der Waals surface area contributed by atoms with Crippen LogP contribution in [0.3, 0.4) is 0 Å². The Hall–Kier alpha value is -2.77. The Morgan fingerprint density at radius 3 is 2.70 bits per heavy atom. The molecule has 1 unspecified atom stereocenters. The summed E-state index contributed by atoms with van der Waals surface area (Å²) in [6.45, 7) is 4.36. The number of carbonyl (C=O) groups excluding carboxylic acids is 2. The molecule has 1 atom stereocenters. The van der Waals surface area contributed by atoms with E-state index < -0.39 is 5.92 Å². The summed E-state index contributed by atoms with van der Waals surface area (Å²) in [7, 11) is 0. The molecular formula is C22H21ClN4O2S. The quantitative estimate of drug-likeness (QED) is 0.638. The summed E-state index contributed by atoms with van der Waals surface area (Å²) < 4.78 is 0. The maximum Gasteiger partial charge on any atom is 0.231 e. The molecule has 4 rings (SSSR count). The molecule has 2 amide bonds. The van der Waals surface area contributed by atoms with E-state index in [1.54, 1.807) is 4.90 Å². The topological polar surface area (TPSA) is 75.2 Å².